The molecule has 2 aromatic heterocycles. The van der Waals surface area contributed by atoms with E-state index in [1.54, 1.807) is 0 Å². The van der Waals surface area contributed by atoms with Crippen LogP contribution in [0.1, 0.15) is 12.1 Å². The number of rotatable bonds is 4. The smallest absolute Gasteiger partial charge is 0.396 e. The van der Waals surface area contributed by atoms with Crippen LogP contribution in [0.15, 0.2) is 23.5 Å². The maximum atomic E-state index is 12.5. The molecule has 98 valence electrons. The number of aliphatic hydroxyl groups is 1. The van der Waals surface area contributed by atoms with E-state index >= 15 is 0 Å². The van der Waals surface area contributed by atoms with Gasteiger partial charge in [0.25, 0.3) is 0 Å². The van der Waals surface area contributed by atoms with Crippen molar-refractivity contribution < 1.29 is 18.3 Å². The number of aliphatic hydroxyl groups excluding tert-OH is 1. The van der Waals surface area contributed by atoms with Crippen molar-refractivity contribution in [1.29, 1.82) is 0 Å². The van der Waals surface area contributed by atoms with Gasteiger partial charge in [-0.25, -0.2) is 9.50 Å². The van der Waals surface area contributed by atoms with Gasteiger partial charge in [0.2, 0.25) is 0 Å². The summed E-state index contributed by atoms with van der Waals surface area (Å²) in [5.41, 5.74) is -0.604. The van der Waals surface area contributed by atoms with E-state index in [1.165, 1.54) is 24.2 Å². The van der Waals surface area contributed by atoms with E-state index in [1.807, 2.05) is 0 Å². The van der Waals surface area contributed by atoms with Crippen molar-refractivity contribution in [1.82, 2.24) is 14.6 Å². The fourth-order valence-corrected chi connectivity index (χ4v) is 2.28. The Morgan fingerprint density at radius 2 is 2.17 bits per heavy atom. The van der Waals surface area contributed by atoms with Crippen molar-refractivity contribution in [3.63, 3.8) is 0 Å². The number of alkyl halides is 3. The van der Waals surface area contributed by atoms with Gasteiger partial charge in [0.1, 0.15) is 5.03 Å². The van der Waals surface area contributed by atoms with Crippen molar-refractivity contribution in [3.05, 3.63) is 24.2 Å². The molecule has 0 aliphatic rings. The maximum absolute atomic E-state index is 12.5. The van der Waals surface area contributed by atoms with Gasteiger partial charge in [-0.05, 0) is 12.5 Å². The zero-order valence-corrected chi connectivity index (χ0v) is 10.0. The first-order chi connectivity index (χ1) is 8.52. The molecule has 0 spiro atoms. The van der Waals surface area contributed by atoms with Gasteiger partial charge in [0.15, 0.2) is 5.69 Å². The highest BCUT2D eigenvalue weighted by Crippen LogP contribution is 2.31. The molecule has 8 heteroatoms. The van der Waals surface area contributed by atoms with Crippen LogP contribution in [0.4, 0.5) is 13.2 Å². The van der Waals surface area contributed by atoms with E-state index in [9.17, 15) is 13.2 Å². The molecule has 0 fully saturated rings. The number of fused-ring (bicyclic) bond motifs is 1. The fourth-order valence-electron chi connectivity index (χ4n) is 1.38. The Kier molecular flexibility index (Phi) is 3.76. The predicted molar refractivity (Wildman–Crippen MR) is 60.4 cm³/mol. The molecule has 2 aromatic rings. The summed E-state index contributed by atoms with van der Waals surface area (Å²) in [4.78, 5) is 4.03. The fraction of sp³-hybridized carbons (Fsp3) is 0.400. The van der Waals surface area contributed by atoms with Gasteiger partial charge in [0.05, 0.1) is 5.52 Å². The van der Waals surface area contributed by atoms with E-state index in [4.69, 9.17) is 5.11 Å². The molecule has 0 unspecified atom stereocenters. The van der Waals surface area contributed by atoms with Crippen LogP contribution in [0.25, 0.3) is 5.52 Å². The number of nitrogens with zero attached hydrogens (tertiary/aromatic N) is 3. The quantitative estimate of drug-likeness (QED) is 0.687. The number of halogens is 3. The molecule has 0 saturated heterocycles. The summed E-state index contributed by atoms with van der Waals surface area (Å²) in [5, 5.41) is 12.6. The standard InChI is InChI=1S/C10H10F3N3OS/c11-10(12,13)8-6-7-9(18-5-1-4-17)14-2-3-16(7)15-8/h2-3,6,17H,1,4-5H2. The third-order valence-corrected chi connectivity index (χ3v) is 3.27. The number of aromatic nitrogens is 3. The number of hydrogen-bond acceptors (Lipinski definition) is 4. The van der Waals surface area contributed by atoms with Crippen LogP contribution in [0.2, 0.25) is 0 Å². The van der Waals surface area contributed by atoms with E-state index in [2.05, 4.69) is 10.1 Å². The Hall–Kier alpha value is -1.28. The lowest BCUT2D eigenvalue weighted by Crippen LogP contribution is -2.05. The van der Waals surface area contributed by atoms with Gasteiger partial charge in [-0.2, -0.15) is 18.3 Å². The summed E-state index contributed by atoms with van der Waals surface area (Å²) in [6.07, 6.45) is -1.12. The number of thioether (sulfide) groups is 1. The van der Waals surface area contributed by atoms with Crippen molar-refractivity contribution >= 4 is 17.3 Å². The molecule has 0 saturated carbocycles. The minimum Gasteiger partial charge on any atom is -0.396 e. The third-order valence-electron chi connectivity index (χ3n) is 2.19. The topological polar surface area (TPSA) is 50.4 Å². The molecule has 2 heterocycles. The Morgan fingerprint density at radius 1 is 1.39 bits per heavy atom. The van der Waals surface area contributed by atoms with Crippen LogP contribution in [0.3, 0.4) is 0 Å². The average molecular weight is 277 g/mol. The second kappa shape index (κ2) is 5.15. The molecule has 2 rings (SSSR count). The Morgan fingerprint density at radius 3 is 2.83 bits per heavy atom. The average Bonchev–Trinajstić information content (AvgIpc) is 2.73. The van der Waals surface area contributed by atoms with Gasteiger partial charge in [-0.1, -0.05) is 0 Å². The van der Waals surface area contributed by atoms with Crippen molar-refractivity contribution in [2.24, 2.45) is 0 Å². The lowest BCUT2D eigenvalue weighted by molar-refractivity contribution is -0.141. The summed E-state index contributed by atoms with van der Waals surface area (Å²) in [5.74, 6) is 0.593. The van der Waals surface area contributed by atoms with Gasteiger partial charge in [-0.15, -0.1) is 11.8 Å². The second-order valence-corrected chi connectivity index (χ2v) is 4.60. The molecular weight excluding hydrogens is 267 g/mol. The molecule has 4 nitrogen and oxygen atoms in total. The summed E-state index contributed by atoms with van der Waals surface area (Å²) < 4.78 is 38.7. The van der Waals surface area contributed by atoms with E-state index in [-0.39, 0.29) is 6.61 Å². The zero-order valence-electron chi connectivity index (χ0n) is 9.18. The minimum absolute atomic E-state index is 0.0448. The third kappa shape index (κ3) is 2.75. The Bertz CT molecular complexity index is 541. The first-order valence-electron chi connectivity index (χ1n) is 5.17. The highest BCUT2D eigenvalue weighted by atomic mass is 32.2. The molecule has 18 heavy (non-hydrogen) atoms. The molecule has 0 aliphatic carbocycles. The van der Waals surface area contributed by atoms with Gasteiger partial charge in [-0.3, -0.25) is 0 Å². The molecule has 0 aromatic carbocycles. The molecule has 0 aliphatic heterocycles. The number of hydrogen-bond donors (Lipinski definition) is 1. The monoisotopic (exact) mass is 277 g/mol. The van der Waals surface area contributed by atoms with Crippen molar-refractivity contribution in [2.45, 2.75) is 17.6 Å². The Balaban J connectivity index is 2.33. The van der Waals surface area contributed by atoms with E-state index in [0.717, 1.165) is 10.6 Å². The first-order valence-corrected chi connectivity index (χ1v) is 6.16. The molecule has 0 amide bonds. The Labute approximate surface area is 105 Å². The molecular formula is C10H10F3N3OS. The predicted octanol–water partition coefficient (Wildman–Crippen LogP) is 2.22. The van der Waals surface area contributed by atoms with Gasteiger partial charge < -0.3 is 5.11 Å². The van der Waals surface area contributed by atoms with E-state index in [0.29, 0.717) is 22.7 Å². The molecule has 0 radical (unpaired) electrons. The lowest BCUT2D eigenvalue weighted by Gasteiger charge is -2.00. The summed E-state index contributed by atoms with van der Waals surface area (Å²) in [6.45, 7) is 0.0448. The first kappa shape index (κ1) is 13.2. The maximum Gasteiger partial charge on any atom is 0.435 e. The zero-order chi connectivity index (χ0) is 13.2. The molecule has 0 bridgehead atoms. The van der Waals surface area contributed by atoms with Crippen LogP contribution in [-0.4, -0.2) is 32.1 Å². The van der Waals surface area contributed by atoms with Crippen LogP contribution in [0, 0.1) is 0 Å². The van der Waals surface area contributed by atoms with Crippen LogP contribution in [-0.2, 0) is 6.18 Å². The SMILES string of the molecule is OCCCSc1nccn2nc(C(F)(F)F)cc12. The summed E-state index contributed by atoms with van der Waals surface area (Å²) >= 11 is 1.30. The minimum atomic E-state index is -4.46. The van der Waals surface area contributed by atoms with Crippen molar-refractivity contribution in [3.8, 4) is 0 Å². The van der Waals surface area contributed by atoms with Gasteiger partial charge in [0, 0.05) is 24.8 Å². The van der Waals surface area contributed by atoms with Crippen LogP contribution in [0.5, 0.6) is 0 Å². The molecule has 1 N–H and O–H groups in total. The largest absolute Gasteiger partial charge is 0.435 e. The summed E-state index contributed by atoms with van der Waals surface area (Å²) in [7, 11) is 0. The van der Waals surface area contributed by atoms with Gasteiger partial charge >= 0.3 is 6.18 Å². The molecule has 0 atom stereocenters. The lowest BCUT2D eigenvalue weighted by atomic mass is 10.4. The summed E-state index contributed by atoms with van der Waals surface area (Å²) in [6, 6.07) is 0.980. The highest BCUT2D eigenvalue weighted by molar-refractivity contribution is 7.99. The van der Waals surface area contributed by atoms with Crippen LogP contribution < -0.4 is 0 Å². The van der Waals surface area contributed by atoms with Crippen molar-refractivity contribution in [2.75, 3.05) is 12.4 Å². The normalized spacial score (nSPS) is 12.2. The van der Waals surface area contributed by atoms with Crippen LogP contribution >= 0.6 is 11.8 Å². The highest BCUT2D eigenvalue weighted by Gasteiger charge is 2.34. The van der Waals surface area contributed by atoms with E-state index < -0.39 is 11.9 Å². The second-order valence-electron chi connectivity index (χ2n) is 3.52.